The summed E-state index contributed by atoms with van der Waals surface area (Å²) in [5, 5.41) is 6.06. The predicted molar refractivity (Wildman–Crippen MR) is 253 cm³/mol. The van der Waals surface area contributed by atoms with Crippen LogP contribution in [0.1, 0.15) is 0 Å². The molecular formula is C58H39NO. The monoisotopic (exact) mass is 765 g/mol. The average molecular weight is 766 g/mol. The lowest BCUT2D eigenvalue weighted by atomic mass is 9.93. The van der Waals surface area contributed by atoms with E-state index in [9.17, 15) is 0 Å². The number of hydrogen-bond donors (Lipinski definition) is 0. The normalized spacial score (nSPS) is 11.3. The molecule has 0 bridgehead atoms. The second-order valence-electron chi connectivity index (χ2n) is 15.3. The van der Waals surface area contributed by atoms with E-state index in [4.69, 9.17) is 4.42 Å². The molecular weight excluding hydrogens is 727 g/mol. The Morgan fingerprint density at radius 2 is 0.783 bits per heavy atom. The number of benzene rings is 10. The van der Waals surface area contributed by atoms with Crippen molar-refractivity contribution in [1.82, 2.24) is 0 Å². The highest BCUT2D eigenvalue weighted by Crippen LogP contribution is 2.41. The minimum atomic E-state index is 0.860. The van der Waals surface area contributed by atoms with Gasteiger partial charge in [0.05, 0.1) is 0 Å². The maximum Gasteiger partial charge on any atom is 0.136 e. The molecule has 0 spiro atoms. The molecule has 282 valence electrons. The molecule has 2 nitrogen and oxygen atoms in total. The van der Waals surface area contributed by atoms with Gasteiger partial charge in [-0.05, 0) is 127 Å². The molecule has 11 aromatic rings. The summed E-state index contributed by atoms with van der Waals surface area (Å²) >= 11 is 0. The van der Waals surface area contributed by atoms with Crippen molar-refractivity contribution < 1.29 is 4.42 Å². The molecule has 0 atom stereocenters. The van der Waals surface area contributed by atoms with Crippen molar-refractivity contribution in [2.45, 2.75) is 0 Å². The highest BCUT2D eigenvalue weighted by molar-refractivity contribution is 6.08. The summed E-state index contributed by atoms with van der Waals surface area (Å²) in [4.78, 5) is 2.36. The van der Waals surface area contributed by atoms with Gasteiger partial charge in [0.15, 0.2) is 0 Å². The van der Waals surface area contributed by atoms with Gasteiger partial charge >= 0.3 is 0 Å². The molecule has 2 heteroatoms. The predicted octanol–water partition coefficient (Wildman–Crippen LogP) is 16.5. The van der Waals surface area contributed by atoms with Crippen molar-refractivity contribution >= 4 is 49.6 Å². The second kappa shape index (κ2) is 15.1. The number of rotatable bonds is 8. The summed E-state index contributed by atoms with van der Waals surface area (Å²) in [7, 11) is 0. The molecule has 60 heavy (non-hydrogen) atoms. The standard InChI is InChI=1S/C58H39NO/c1-3-12-40(13-4-1)45-18-11-19-46(36-45)41-24-29-50(30-25-41)59(52-33-35-55-48(37-52)23-22-44-16-7-9-20-53(44)55)51-31-26-42(27-32-51)47-28-34-54(43-14-5-2-6-15-43)56(38-47)58-39-49-17-8-10-21-57(49)60-58/h1-39H. The van der Waals surface area contributed by atoms with Gasteiger partial charge < -0.3 is 9.32 Å². The van der Waals surface area contributed by atoms with Crippen LogP contribution in [0.5, 0.6) is 0 Å². The molecule has 0 saturated carbocycles. The number of para-hydroxylation sites is 1. The number of nitrogens with zero attached hydrogens (tertiary/aromatic N) is 1. The Morgan fingerprint density at radius 1 is 0.267 bits per heavy atom. The number of fused-ring (bicyclic) bond motifs is 4. The second-order valence-corrected chi connectivity index (χ2v) is 15.3. The van der Waals surface area contributed by atoms with Crippen molar-refractivity contribution in [3.63, 3.8) is 0 Å². The van der Waals surface area contributed by atoms with Crippen LogP contribution in [0.25, 0.3) is 88.3 Å². The van der Waals surface area contributed by atoms with Crippen LogP contribution >= 0.6 is 0 Å². The van der Waals surface area contributed by atoms with E-state index in [1.807, 2.05) is 12.1 Å². The van der Waals surface area contributed by atoms with Gasteiger partial charge in [-0.2, -0.15) is 0 Å². The largest absolute Gasteiger partial charge is 0.456 e. The van der Waals surface area contributed by atoms with E-state index in [1.165, 1.54) is 43.8 Å². The van der Waals surface area contributed by atoms with Crippen LogP contribution in [-0.4, -0.2) is 0 Å². The summed E-state index contributed by atoms with van der Waals surface area (Å²) in [5.74, 6) is 0.860. The van der Waals surface area contributed by atoms with Gasteiger partial charge in [-0.1, -0.05) is 176 Å². The van der Waals surface area contributed by atoms with Gasteiger partial charge in [0.2, 0.25) is 0 Å². The smallest absolute Gasteiger partial charge is 0.136 e. The fourth-order valence-electron chi connectivity index (χ4n) is 8.61. The van der Waals surface area contributed by atoms with E-state index in [0.717, 1.165) is 61.6 Å². The summed E-state index contributed by atoms with van der Waals surface area (Å²) in [6.45, 7) is 0. The third-order valence-corrected chi connectivity index (χ3v) is 11.7. The molecule has 0 N–H and O–H groups in total. The Balaban J connectivity index is 0.991. The quantitative estimate of drug-likeness (QED) is 0.143. The fourth-order valence-corrected chi connectivity index (χ4v) is 8.61. The van der Waals surface area contributed by atoms with Gasteiger partial charge in [0.25, 0.3) is 0 Å². The first-order chi connectivity index (χ1) is 29.7. The third-order valence-electron chi connectivity index (χ3n) is 11.7. The van der Waals surface area contributed by atoms with E-state index in [1.54, 1.807) is 0 Å². The first-order valence-corrected chi connectivity index (χ1v) is 20.5. The molecule has 0 aliphatic heterocycles. The SMILES string of the molecule is c1ccc(-c2cccc(-c3ccc(N(c4ccc(-c5ccc(-c6ccccc6)c(-c6cc7ccccc7o6)c5)cc4)c4ccc5c(ccc6ccccc65)c4)cc3)c2)cc1. The molecule has 0 saturated heterocycles. The number of furan rings is 1. The van der Waals surface area contributed by atoms with Gasteiger partial charge in [-0.3, -0.25) is 0 Å². The van der Waals surface area contributed by atoms with Crippen molar-refractivity contribution in [3.05, 3.63) is 237 Å². The lowest BCUT2D eigenvalue weighted by molar-refractivity contribution is 0.632. The Bertz CT molecular complexity index is 3260. The zero-order valence-corrected chi connectivity index (χ0v) is 32.9. The lowest BCUT2D eigenvalue weighted by Crippen LogP contribution is -2.09. The van der Waals surface area contributed by atoms with E-state index in [2.05, 4.69) is 229 Å². The summed E-state index contributed by atoms with van der Waals surface area (Å²) in [5.41, 5.74) is 14.6. The van der Waals surface area contributed by atoms with Gasteiger partial charge in [0, 0.05) is 28.0 Å². The first kappa shape index (κ1) is 35.2. The third kappa shape index (κ3) is 6.61. The van der Waals surface area contributed by atoms with Crippen LogP contribution in [0, 0.1) is 0 Å². The topological polar surface area (TPSA) is 16.4 Å². The molecule has 10 aromatic carbocycles. The Labute approximate surface area is 349 Å². The van der Waals surface area contributed by atoms with Gasteiger partial charge in [0.1, 0.15) is 11.3 Å². The number of anilines is 3. The van der Waals surface area contributed by atoms with Crippen LogP contribution in [0.4, 0.5) is 17.1 Å². The van der Waals surface area contributed by atoms with E-state index >= 15 is 0 Å². The Morgan fingerprint density at radius 3 is 1.48 bits per heavy atom. The van der Waals surface area contributed by atoms with Gasteiger partial charge in [-0.15, -0.1) is 0 Å². The van der Waals surface area contributed by atoms with Crippen molar-refractivity contribution in [2.75, 3.05) is 4.90 Å². The summed E-state index contributed by atoms with van der Waals surface area (Å²) in [6, 6.07) is 84.8. The van der Waals surface area contributed by atoms with Crippen molar-refractivity contribution in [2.24, 2.45) is 0 Å². The highest BCUT2D eigenvalue weighted by Gasteiger charge is 2.17. The Hall–Kier alpha value is -7.94. The first-order valence-electron chi connectivity index (χ1n) is 20.5. The molecule has 0 aliphatic rings. The van der Waals surface area contributed by atoms with Crippen LogP contribution in [0.15, 0.2) is 241 Å². The average Bonchev–Trinajstić information content (AvgIpc) is 3.77. The zero-order valence-electron chi connectivity index (χ0n) is 32.9. The van der Waals surface area contributed by atoms with E-state index in [-0.39, 0.29) is 0 Å². The maximum atomic E-state index is 6.47. The zero-order chi connectivity index (χ0) is 39.8. The fraction of sp³-hybridized carbons (Fsp3) is 0. The van der Waals surface area contributed by atoms with Crippen molar-refractivity contribution in [3.8, 4) is 55.8 Å². The molecule has 0 fully saturated rings. The number of hydrogen-bond acceptors (Lipinski definition) is 2. The molecule has 1 aromatic heterocycles. The molecule has 0 amide bonds. The highest BCUT2D eigenvalue weighted by atomic mass is 16.3. The molecule has 0 radical (unpaired) electrons. The minimum absolute atomic E-state index is 0.860. The van der Waals surface area contributed by atoms with Crippen molar-refractivity contribution in [1.29, 1.82) is 0 Å². The van der Waals surface area contributed by atoms with Crippen LogP contribution in [-0.2, 0) is 0 Å². The lowest BCUT2D eigenvalue weighted by Gasteiger charge is -2.26. The van der Waals surface area contributed by atoms with Crippen LogP contribution in [0.3, 0.4) is 0 Å². The molecule has 1 heterocycles. The van der Waals surface area contributed by atoms with Gasteiger partial charge in [-0.25, -0.2) is 0 Å². The molecule has 0 aliphatic carbocycles. The summed E-state index contributed by atoms with van der Waals surface area (Å²) < 4.78 is 6.47. The van der Waals surface area contributed by atoms with Crippen LogP contribution < -0.4 is 4.90 Å². The molecule has 11 rings (SSSR count). The maximum absolute atomic E-state index is 6.47. The Kier molecular flexibility index (Phi) is 8.87. The summed E-state index contributed by atoms with van der Waals surface area (Å²) in [6.07, 6.45) is 0. The minimum Gasteiger partial charge on any atom is -0.456 e. The molecule has 0 unspecified atom stereocenters. The van der Waals surface area contributed by atoms with E-state index in [0.29, 0.717) is 0 Å². The van der Waals surface area contributed by atoms with E-state index < -0.39 is 0 Å². The van der Waals surface area contributed by atoms with Crippen LogP contribution in [0.2, 0.25) is 0 Å².